The highest BCUT2D eigenvalue weighted by atomic mass is 16.5. The van der Waals surface area contributed by atoms with Gasteiger partial charge in [-0.3, -0.25) is 0 Å². The largest absolute Gasteiger partial charge is 0.493 e. The molecule has 140 valence electrons. The third-order valence-electron chi connectivity index (χ3n) is 3.98. The SMILES string of the molecule is C=Cc1ccc(OC(CO)C(O)c2ccc(OC)c(OC)c2)c(OC)c1. The van der Waals surface area contributed by atoms with Gasteiger partial charge >= 0.3 is 0 Å². The summed E-state index contributed by atoms with van der Waals surface area (Å²) in [5.74, 6) is 1.93. The standard InChI is InChI=1S/C20H24O6/c1-5-13-6-8-16(17(10-13)24-3)26-19(12-21)20(22)14-7-9-15(23-2)18(11-14)25-4/h5-11,19-22H,1,12H2,2-4H3. The number of ether oxygens (including phenoxy) is 4. The van der Waals surface area contributed by atoms with Gasteiger partial charge in [-0.15, -0.1) is 0 Å². The van der Waals surface area contributed by atoms with E-state index in [0.29, 0.717) is 28.6 Å². The van der Waals surface area contributed by atoms with Crippen molar-refractivity contribution < 1.29 is 29.2 Å². The molecule has 0 aliphatic rings. The van der Waals surface area contributed by atoms with Gasteiger partial charge in [0.05, 0.1) is 27.9 Å². The fourth-order valence-corrected chi connectivity index (χ4v) is 2.52. The van der Waals surface area contributed by atoms with Gasteiger partial charge in [-0.1, -0.05) is 24.8 Å². The first-order chi connectivity index (χ1) is 12.6. The summed E-state index contributed by atoms with van der Waals surface area (Å²) >= 11 is 0. The molecule has 0 aromatic heterocycles. The zero-order valence-corrected chi connectivity index (χ0v) is 15.1. The van der Waals surface area contributed by atoms with Gasteiger partial charge in [-0.2, -0.15) is 0 Å². The van der Waals surface area contributed by atoms with E-state index in [2.05, 4.69) is 6.58 Å². The Morgan fingerprint density at radius 3 is 2.12 bits per heavy atom. The van der Waals surface area contributed by atoms with E-state index >= 15 is 0 Å². The molecule has 0 heterocycles. The molecule has 2 N–H and O–H groups in total. The molecule has 0 fully saturated rings. The Kier molecular flexibility index (Phi) is 6.89. The molecular weight excluding hydrogens is 336 g/mol. The van der Waals surface area contributed by atoms with Gasteiger partial charge in [0, 0.05) is 0 Å². The van der Waals surface area contributed by atoms with E-state index in [9.17, 15) is 10.2 Å². The van der Waals surface area contributed by atoms with Crippen LogP contribution in [0, 0.1) is 0 Å². The quantitative estimate of drug-likeness (QED) is 0.716. The van der Waals surface area contributed by atoms with Gasteiger partial charge in [0.15, 0.2) is 29.1 Å². The van der Waals surface area contributed by atoms with E-state index in [1.54, 1.807) is 36.4 Å². The lowest BCUT2D eigenvalue weighted by Crippen LogP contribution is -2.29. The van der Waals surface area contributed by atoms with Gasteiger partial charge in [0.25, 0.3) is 0 Å². The Balaban J connectivity index is 2.26. The molecule has 0 saturated heterocycles. The van der Waals surface area contributed by atoms with Crippen molar-refractivity contribution in [2.45, 2.75) is 12.2 Å². The summed E-state index contributed by atoms with van der Waals surface area (Å²) in [6.07, 6.45) is -0.283. The van der Waals surface area contributed by atoms with Crippen LogP contribution in [0.3, 0.4) is 0 Å². The maximum absolute atomic E-state index is 10.7. The molecule has 6 nitrogen and oxygen atoms in total. The molecule has 0 bridgehead atoms. The molecule has 0 saturated carbocycles. The van der Waals surface area contributed by atoms with Crippen LogP contribution in [-0.2, 0) is 0 Å². The van der Waals surface area contributed by atoms with E-state index in [1.165, 1.54) is 21.3 Å². The van der Waals surface area contributed by atoms with Crippen molar-refractivity contribution in [1.29, 1.82) is 0 Å². The highest BCUT2D eigenvalue weighted by Crippen LogP contribution is 2.34. The first-order valence-electron chi connectivity index (χ1n) is 8.05. The summed E-state index contributed by atoms with van der Waals surface area (Å²) in [5.41, 5.74) is 1.40. The molecule has 2 unspecified atom stereocenters. The Labute approximate surface area is 153 Å². The number of methoxy groups -OCH3 is 3. The third kappa shape index (κ3) is 4.28. The maximum atomic E-state index is 10.7. The van der Waals surface area contributed by atoms with Crippen molar-refractivity contribution >= 4 is 6.08 Å². The van der Waals surface area contributed by atoms with E-state index < -0.39 is 12.2 Å². The average Bonchev–Trinajstić information content (AvgIpc) is 2.70. The van der Waals surface area contributed by atoms with Crippen LogP contribution in [-0.4, -0.2) is 44.3 Å². The third-order valence-corrected chi connectivity index (χ3v) is 3.98. The molecule has 0 amide bonds. The van der Waals surface area contributed by atoms with Crippen LogP contribution in [0.2, 0.25) is 0 Å². The summed E-state index contributed by atoms with van der Waals surface area (Å²) in [5, 5.41) is 20.4. The normalized spacial score (nSPS) is 12.8. The first kappa shape index (κ1) is 19.6. The van der Waals surface area contributed by atoms with Gasteiger partial charge in [-0.25, -0.2) is 0 Å². The lowest BCUT2D eigenvalue weighted by Gasteiger charge is -2.24. The highest BCUT2D eigenvalue weighted by Gasteiger charge is 2.24. The number of aliphatic hydroxyl groups is 2. The zero-order valence-electron chi connectivity index (χ0n) is 15.1. The monoisotopic (exact) mass is 360 g/mol. The second kappa shape index (κ2) is 9.12. The highest BCUT2D eigenvalue weighted by molar-refractivity contribution is 5.54. The van der Waals surface area contributed by atoms with Crippen molar-refractivity contribution in [2.75, 3.05) is 27.9 Å². The van der Waals surface area contributed by atoms with Crippen LogP contribution in [0.25, 0.3) is 6.08 Å². The molecule has 2 atom stereocenters. The second-order valence-corrected chi connectivity index (χ2v) is 5.51. The van der Waals surface area contributed by atoms with Crippen LogP contribution in [0.15, 0.2) is 43.0 Å². The summed E-state index contributed by atoms with van der Waals surface area (Å²) in [6, 6.07) is 10.3. The van der Waals surface area contributed by atoms with Gasteiger partial charge < -0.3 is 29.2 Å². The molecular formula is C20H24O6. The van der Waals surface area contributed by atoms with E-state index in [1.807, 2.05) is 6.07 Å². The Morgan fingerprint density at radius 1 is 0.923 bits per heavy atom. The maximum Gasteiger partial charge on any atom is 0.161 e. The second-order valence-electron chi connectivity index (χ2n) is 5.51. The van der Waals surface area contributed by atoms with Crippen LogP contribution in [0.4, 0.5) is 0 Å². The smallest absolute Gasteiger partial charge is 0.161 e. The Bertz CT molecular complexity index is 743. The van der Waals surface area contributed by atoms with Crippen molar-refractivity contribution in [1.82, 2.24) is 0 Å². The summed E-state index contributed by atoms with van der Waals surface area (Å²) in [4.78, 5) is 0. The number of aliphatic hydroxyl groups excluding tert-OH is 2. The van der Waals surface area contributed by atoms with E-state index in [-0.39, 0.29) is 6.61 Å². The number of rotatable bonds is 9. The minimum absolute atomic E-state index is 0.387. The summed E-state index contributed by atoms with van der Waals surface area (Å²) in [6.45, 7) is 3.33. The van der Waals surface area contributed by atoms with Crippen molar-refractivity contribution in [3.8, 4) is 23.0 Å². The topological polar surface area (TPSA) is 77.4 Å². The molecule has 26 heavy (non-hydrogen) atoms. The van der Waals surface area contributed by atoms with E-state index in [4.69, 9.17) is 18.9 Å². The van der Waals surface area contributed by atoms with Crippen LogP contribution >= 0.6 is 0 Å². The van der Waals surface area contributed by atoms with Gasteiger partial charge in [0.1, 0.15) is 6.10 Å². The Morgan fingerprint density at radius 2 is 1.54 bits per heavy atom. The minimum Gasteiger partial charge on any atom is -0.493 e. The fraction of sp³-hybridized carbons (Fsp3) is 0.300. The lowest BCUT2D eigenvalue weighted by atomic mass is 10.0. The zero-order chi connectivity index (χ0) is 19.1. The van der Waals surface area contributed by atoms with E-state index in [0.717, 1.165) is 5.56 Å². The number of benzene rings is 2. The lowest BCUT2D eigenvalue weighted by molar-refractivity contribution is -0.000516. The molecule has 0 aliphatic carbocycles. The molecule has 2 aromatic rings. The van der Waals surface area contributed by atoms with Crippen LogP contribution < -0.4 is 18.9 Å². The van der Waals surface area contributed by atoms with Crippen molar-refractivity contribution in [3.05, 3.63) is 54.1 Å². The predicted octanol–water partition coefficient (Wildman–Crippen LogP) is 2.83. The van der Waals surface area contributed by atoms with Crippen molar-refractivity contribution in [2.24, 2.45) is 0 Å². The molecule has 0 spiro atoms. The number of hydrogen-bond acceptors (Lipinski definition) is 6. The average molecular weight is 360 g/mol. The van der Waals surface area contributed by atoms with Crippen molar-refractivity contribution in [3.63, 3.8) is 0 Å². The summed E-state index contributed by atoms with van der Waals surface area (Å²) in [7, 11) is 4.57. The Hall–Kier alpha value is -2.70. The molecule has 2 rings (SSSR count). The fourth-order valence-electron chi connectivity index (χ4n) is 2.52. The van der Waals surface area contributed by atoms with Crippen LogP contribution in [0.1, 0.15) is 17.2 Å². The first-order valence-corrected chi connectivity index (χ1v) is 8.05. The number of hydrogen-bond donors (Lipinski definition) is 2. The predicted molar refractivity (Wildman–Crippen MR) is 99.1 cm³/mol. The molecule has 2 aromatic carbocycles. The molecule has 6 heteroatoms. The minimum atomic E-state index is -1.08. The van der Waals surface area contributed by atoms with Crippen LogP contribution in [0.5, 0.6) is 23.0 Å². The van der Waals surface area contributed by atoms with Gasteiger partial charge in [-0.05, 0) is 35.4 Å². The van der Waals surface area contributed by atoms with Gasteiger partial charge in [0.2, 0.25) is 0 Å². The molecule has 0 aliphatic heterocycles. The summed E-state index contributed by atoms with van der Waals surface area (Å²) < 4.78 is 21.6. The molecule has 0 radical (unpaired) electrons.